The van der Waals surface area contributed by atoms with Crippen LogP contribution in [0.2, 0.25) is 0 Å². The van der Waals surface area contributed by atoms with Gasteiger partial charge in [0, 0.05) is 17.6 Å². The van der Waals surface area contributed by atoms with E-state index in [1.54, 1.807) is 0 Å². The third-order valence-electron chi connectivity index (χ3n) is 2.73. The number of hydrogen-bond acceptors (Lipinski definition) is 5. The highest BCUT2D eigenvalue weighted by molar-refractivity contribution is 7.03. The van der Waals surface area contributed by atoms with Crippen LogP contribution >= 0.6 is 11.5 Å². The molecule has 2 aromatic heterocycles. The molecule has 0 aromatic carbocycles. The number of aromatic nitrogens is 4. The van der Waals surface area contributed by atoms with Gasteiger partial charge >= 0.3 is 0 Å². The first-order valence-corrected chi connectivity index (χ1v) is 7.00. The van der Waals surface area contributed by atoms with Gasteiger partial charge in [-0.2, -0.15) is 5.10 Å². The molecule has 0 saturated heterocycles. The first-order valence-electron chi connectivity index (χ1n) is 6.16. The van der Waals surface area contributed by atoms with Crippen LogP contribution < -0.4 is 5.32 Å². The average molecular weight is 279 g/mol. The molecule has 0 saturated carbocycles. The number of amides is 1. The maximum atomic E-state index is 11.9. The van der Waals surface area contributed by atoms with Crippen molar-refractivity contribution in [3.63, 3.8) is 0 Å². The summed E-state index contributed by atoms with van der Waals surface area (Å²) >= 11 is 1.28. The third kappa shape index (κ3) is 3.60. The van der Waals surface area contributed by atoms with E-state index < -0.39 is 0 Å². The van der Waals surface area contributed by atoms with Gasteiger partial charge in [-0.1, -0.05) is 4.49 Å². The average Bonchev–Trinajstić information content (AvgIpc) is 2.98. The summed E-state index contributed by atoms with van der Waals surface area (Å²) in [6.45, 7) is 5.99. The molecule has 1 N–H and O–H groups in total. The summed E-state index contributed by atoms with van der Waals surface area (Å²) in [7, 11) is 0. The second-order valence-electron chi connectivity index (χ2n) is 4.68. The summed E-state index contributed by atoms with van der Waals surface area (Å²) in [5.74, 6) is -0.0606. The van der Waals surface area contributed by atoms with Crippen molar-refractivity contribution in [1.29, 1.82) is 0 Å². The van der Waals surface area contributed by atoms with Gasteiger partial charge in [0.15, 0.2) is 0 Å². The Bertz CT molecular complexity index is 534. The van der Waals surface area contributed by atoms with E-state index >= 15 is 0 Å². The molecule has 1 atom stereocenters. The fourth-order valence-corrected chi connectivity index (χ4v) is 2.20. The van der Waals surface area contributed by atoms with Gasteiger partial charge in [0.05, 0.1) is 23.9 Å². The van der Waals surface area contributed by atoms with E-state index in [1.807, 2.05) is 43.1 Å². The minimum absolute atomic E-state index is 0.0606. The van der Waals surface area contributed by atoms with Crippen LogP contribution in [0.1, 0.15) is 44.2 Å². The molecular weight excluding hydrogens is 262 g/mol. The van der Waals surface area contributed by atoms with E-state index in [4.69, 9.17) is 0 Å². The fourth-order valence-electron chi connectivity index (χ4n) is 1.65. The van der Waals surface area contributed by atoms with Gasteiger partial charge in [-0.05, 0) is 38.4 Å². The fraction of sp³-hybridized carbons (Fsp3) is 0.500. The zero-order valence-corrected chi connectivity index (χ0v) is 12.0. The first kappa shape index (κ1) is 13.7. The molecule has 0 fully saturated rings. The van der Waals surface area contributed by atoms with Crippen LogP contribution in [0.5, 0.6) is 0 Å². The Morgan fingerprint density at radius 3 is 2.84 bits per heavy atom. The largest absolute Gasteiger partial charge is 0.348 e. The van der Waals surface area contributed by atoms with E-state index in [1.165, 1.54) is 11.5 Å². The maximum Gasteiger partial charge on any atom is 0.226 e. The molecule has 7 heteroatoms. The van der Waals surface area contributed by atoms with Crippen LogP contribution in [0.25, 0.3) is 0 Å². The Balaban J connectivity index is 1.90. The molecule has 2 rings (SSSR count). The van der Waals surface area contributed by atoms with Gasteiger partial charge in [-0.25, -0.2) is 0 Å². The van der Waals surface area contributed by atoms with Crippen LogP contribution in [0.3, 0.4) is 0 Å². The van der Waals surface area contributed by atoms with E-state index in [0.717, 1.165) is 11.4 Å². The van der Waals surface area contributed by atoms with Crippen LogP contribution in [0.4, 0.5) is 0 Å². The Hall–Kier alpha value is -1.76. The Morgan fingerprint density at radius 2 is 2.26 bits per heavy atom. The number of carbonyl (C=O) groups is 1. The lowest BCUT2D eigenvalue weighted by Crippen LogP contribution is -2.28. The Kier molecular flexibility index (Phi) is 4.26. The van der Waals surface area contributed by atoms with Crippen molar-refractivity contribution in [2.24, 2.45) is 0 Å². The zero-order valence-electron chi connectivity index (χ0n) is 11.2. The van der Waals surface area contributed by atoms with Crippen LogP contribution in [-0.2, 0) is 11.2 Å². The van der Waals surface area contributed by atoms with Crippen molar-refractivity contribution in [2.75, 3.05) is 0 Å². The van der Waals surface area contributed by atoms with Crippen molar-refractivity contribution in [1.82, 2.24) is 24.7 Å². The summed E-state index contributed by atoms with van der Waals surface area (Å²) in [6, 6.07) is 2.05. The van der Waals surface area contributed by atoms with E-state index in [2.05, 4.69) is 20.0 Å². The summed E-state index contributed by atoms with van der Waals surface area (Å²) in [6.07, 6.45) is 2.17. The molecular formula is C12H17N5OS. The summed E-state index contributed by atoms with van der Waals surface area (Å²) in [4.78, 5) is 11.9. The molecule has 2 heterocycles. The molecule has 6 nitrogen and oxygen atoms in total. The number of nitrogens with zero attached hydrogens (tertiary/aromatic N) is 4. The number of rotatable bonds is 5. The molecule has 1 amide bonds. The minimum atomic E-state index is -0.126. The van der Waals surface area contributed by atoms with Gasteiger partial charge in [-0.15, -0.1) is 5.10 Å². The maximum absolute atomic E-state index is 11.9. The highest BCUT2D eigenvalue weighted by Gasteiger charge is 2.13. The SMILES string of the molecule is CC(NC(=O)Cc1ccn(C(C)C)n1)c1csnn1. The third-order valence-corrected chi connectivity index (χ3v) is 3.26. The molecule has 0 radical (unpaired) electrons. The normalized spacial score (nSPS) is 12.6. The summed E-state index contributed by atoms with van der Waals surface area (Å²) in [5.41, 5.74) is 1.56. The highest BCUT2D eigenvalue weighted by atomic mass is 32.1. The van der Waals surface area contributed by atoms with Gasteiger partial charge < -0.3 is 5.32 Å². The topological polar surface area (TPSA) is 72.7 Å². The zero-order chi connectivity index (χ0) is 13.8. The summed E-state index contributed by atoms with van der Waals surface area (Å²) in [5, 5.41) is 13.0. The molecule has 102 valence electrons. The molecule has 0 bridgehead atoms. The number of carbonyl (C=O) groups excluding carboxylic acids is 1. The Morgan fingerprint density at radius 1 is 1.47 bits per heavy atom. The van der Waals surface area contributed by atoms with E-state index in [-0.39, 0.29) is 18.4 Å². The molecule has 19 heavy (non-hydrogen) atoms. The van der Waals surface area contributed by atoms with Crippen LogP contribution in [-0.4, -0.2) is 25.3 Å². The van der Waals surface area contributed by atoms with Crippen molar-refractivity contribution in [3.05, 3.63) is 29.0 Å². The van der Waals surface area contributed by atoms with Crippen LogP contribution in [0.15, 0.2) is 17.6 Å². The van der Waals surface area contributed by atoms with Crippen molar-refractivity contribution in [2.45, 2.75) is 39.3 Å². The van der Waals surface area contributed by atoms with Gasteiger partial charge in [0.1, 0.15) is 0 Å². The van der Waals surface area contributed by atoms with Gasteiger partial charge in [-0.3, -0.25) is 9.48 Å². The second kappa shape index (κ2) is 5.92. The Labute approximate surface area is 116 Å². The van der Waals surface area contributed by atoms with Crippen molar-refractivity contribution >= 4 is 17.4 Å². The monoisotopic (exact) mass is 279 g/mol. The molecule has 0 spiro atoms. The summed E-state index contributed by atoms with van der Waals surface area (Å²) < 4.78 is 5.63. The predicted molar refractivity (Wildman–Crippen MR) is 72.8 cm³/mol. The lowest BCUT2D eigenvalue weighted by atomic mass is 10.2. The molecule has 0 aliphatic heterocycles. The molecule has 2 aromatic rings. The minimum Gasteiger partial charge on any atom is -0.348 e. The standard InChI is InChI=1S/C12H17N5OS/c1-8(2)17-5-4-10(15-17)6-12(18)13-9(3)11-7-19-16-14-11/h4-5,7-9H,6H2,1-3H3,(H,13,18). The van der Waals surface area contributed by atoms with E-state index in [9.17, 15) is 4.79 Å². The van der Waals surface area contributed by atoms with E-state index in [0.29, 0.717) is 6.04 Å². The van der Waals surface area contributed by atoms with Crippen molar-refractivity contribution < 1.29 is 4.79 Å². The molecule has 0 aliphatic carbocycles. The predicted octanol–water partition coefficient (Wildman–Crippen LogP) is 1.74. The molecule has 0 aliphatic rings. The van der Waals surface area contributed by atoms with Crippen molar-refractivity contribution in [3.8, 4) is 0 Å². The van der Waals surface area contributed by atoms with Crippen LogP contribution in [0, 0.1) is 0 Å². The van der Waals surface area contributed by atoms with Gasteiger partial charge in [0.25, 0.3) is 0 Å². The smallest absolute Gasteiger partial charge is 0.226 e. The van der Waals surface area contributed by atoms with Gasteiger partial charge in [0.2, 0.25) is 5.91 Å². The highest BCUT2D eigenvalue weighted by Crippen LogP contribution is 2.10. The lowest BCUT2D eigenvalue weighted by Gasteiger charge is -2.10. The lowest BCUT2D eigenvalue weighted by molar-refractivity contribution is -0.121. The second-order valence-corrected chi connectivity index (χ2v) is 5.29. The quantitative estimate of drug-likeness (QED) is 0.904. The number of nitrogens with one attached hydrogen (secondary N) is 1. The molecule has 1 unspecified atom stereocenters. The number of hydrogen-bond donors (Lipinski definition) is 1. The first-order chi connectivity index (χ1) is 9.06.